The monoisotopic (exact) mass is 728 g/mol. The Bertz CT molecular complexity index is 3270. The molecule has 3 heterocycles. The van der Waals surface area contributed by atoms with Gasteiger partial charge in [0.1, 0.15) is 11.2 Å². The third-order valence-corrected chi connectivity index (χ3v) is 10.7. The highest BCUT2D eigenvalue weighted by Crippen LogP contribution is 2.46. The van der Waals surface area contributed by atoms with Gasteiger partial charge in [0.2, 0.25) is 0 Å². The Morgan fingerprint density at radius 1 is 0.316 bits per heavy atom. The fourth-order valence-corrected chi connectivity index (χ4v) is 7.98. The molecule has 11 rings (SSSR count). The maximum absolute atomic E-state index is 6.82. The van der Waals surface area contributed by atoms with Crippen LogP contribution in [0.5, 0.6) is 0 Å². The van der Waals surface area contributed by atoms with Crippen LogP contribution in [0.15, 0.2) is 199 Å². The van der Waals surface area contributed by atoms with Crippen molar-refractivity contribution in [2.45, 2.75) is 0 Å². The van der Waals surface area contributed by atoms with Crippen molar-refractivity contribution >= 4 is 43.6 Å². The first-order chi connectivity index (χ1) is 28.2. The van der Waals surface area contributed by atoms with Crippen molar-refractivity contribution in [1.29, 1.82) is 0 Å². The predicted octanol–water partition coefficient (Wildman–Crippen LogP) is 13.5. The highest BCUT2D eigenvalue weighted by atomic mass is 16.3. The van der Waals surface area contributed by atoms with Crippen molar-refractivity contribution in [1.82, 2.24) is 19.9 Å². The van der Waals surface area contributed by atoms with E-state index in [0.717, 1.165) is 93.8 Å². The lowest BCUT2D eigenvalue weighted by molar-refractivity contribution is 0.670. The SMILES string of the molecule is c1ccc(-c2ccc(-c3nc(-c4ccccc4)nc(-c4cccc(-c5cc6c(-c7ccccc7)nc7ccccc7c6c6c5oc5ccccc56)c4)n3)cc2)cc1. The molecule has 0 bridgehead atoms. The number of hydrogen-bond donors (Lipinski definition) is 0. The highest BCUT2D eigenvalue weighted by molar-refractivity contribution is 6.30. The van der Waals surface area contributed by atoms with Gasteiger partial charge in [0.05, 0.1) is 11.2 Å². The van der Waals surface area contributed by atoms with Crippen molar-refractivity contribution in [3.8, 4) is 67.7 Å². The first-order valence-corrected chi connectivity index (χ1v) is 19.1. The van der Waals surface area contributed by atoms with Crippen LogP contribution in [0.2, 0.25) is 0 Å². The van der Waals surface area contributed by atoms with Gasteiger partial charge >= 0.3 is 0 Å². The number of benzene rings is 8. The Hall–Kier alpha value is -7.76. The lowest BCUT2D eigenvalue weighted by Crippen LogP contribution is -2.00. The molecule has 5 heteroatoms. The van der Waals surface area contributed by atoms with Gasteiger partial charge in [-0.25, -0.2) is 19.9 Å². The molecule has 8 aromatic carbocycles. The molecule has 0 amide bonds. The van der Waals surface area contributed by atoms with Crippen LogP contribution in [0.3, 0.4) is 0 Å². The van der Waals surface area contributed by atoms with Crippen molar-refractivity contribution in [2.24, 2.45) is 0 Å². The maximum Gasteiger partial charge on any atom is 0.164 e. The number of rotatable bonds is 6. The molecule has 0 aliphatic carbocycles. The fourth-order valence-electron chi connectivity index (χ4n) is 7.98. The van der Waals surface area contributed by atoms with Gasteiger partial charge in [-0.15, -0.1) is 0 Å². The van der Waals surface area contributed by atoms with E-state index in [1.54, 1.807) is 0 Å². The van der Waals surface area contributed by atoms with E-state index in [9.17, 15) is 0 Å². The summed E-state index contributed by atoms with van der Waals surface area (Å²) in [7, 11) is 0. The van der Waals surface area contributed by atoms with Crippen LogP contribution in [0, 0.1) is 0 Å². The number of aromatic nitrogens is 4. The minimum atomic E-state index is 0.590. The van der Waals surface area contributed by atoms with Gasteiger partial charge in [-0.3, -0.25) is 0 Å². The van der Waals surface area contributed by atoms with Crippen LogP contribution >= 0.6 is 0 Å². The van der Waals surface area contributed by atoms with Crippen molar-refractivity contribution in [2.75, 3.05) is 0 Å². The maximum atomic E-state index is 6.82. The first kappa shape index (κ1) is 32.7. The normalized spacial score (nSPS) is 11.5. The van der Waals surface area contributed by atoms with Gasteiger partial charge in [-0.05, 0) is 41.0 Å². The number of furan rings is 1. The molecule has 0 atom stereocenters. The summed E-state index contributed by atoms with van der Waals surface area (Å²) >= 11 is 0. The number of nitrogens with zero attached hydrogens (tertiary/aromatic N) is 4. The fraction of sp³-hybridized carbons (Fsp3) is 0. The molecular weight excluding hydrogens is 697 g/mol. The Morgan fingerprint density at radius 2 is 0.825 bits per heavy atom. The van der Waals surface area contributed by atoms with E-state index in [1.165, 1.54) is 0 Å². The summed E-state index contributed by atoms with van der Waals surface area (Å²) in [6, 6.07) is 66.7. The van der Waals surface area contributed by atoms with E-state index in [-0.39, 0.29) is 0 Å². The number of para-hydroxylation sites is 2. The van der Waals surface area contributed by atoms with Crippen LogP contribution in [0.4, 0.5) is 0 Å². The van der Waals surface area contributed by atoms with Crippen LogP contribution in [0.1, 0.15) is 0 Å². The Kier molecular flexibility index (Phi) is 7.74. The van der Waals surface area contributed by atoms with Crippen LogP contribution in [-0.2, 0) is 0 Å². The Morgan fingerprint density at radius 3 is 1.54 bits per heavy atom. The van der Waals surface area contributed by atoms with Gasteiger partial charge in [-0.2, -0.15) is 0 Å². The van der Waals surface area contributed by atoms with Crippen LogP contribution in [-0.4, -0.2) is 19.9 Å². The predicted molar refractivity (Wildman–Crippen MR) is 233 cm³/mol. The zero-order valence-electron chi connectivity index (χ0n) is 30.7. The molecule has 0 fully saturated rings. The standard InChI is InChI=1S/C52H32N4O/c1-4-15-33(16-5-1)34-27-29-37(30-28-34)51-54-50(36-19-8-3-9-20-36)55-52(56-51)39-22-14-21-38(31-39)42-32-43-46(47-41-24-11-13-26-45(41)57-49(42)47)40-23-10-12-25-44(40)53-48(43)35-17-6-2-7-18-35/h1-32H. The first-order valence-electron chi connectivity index (χ1n) is 19.1. The van der Waals surface area contributed by atoms with Crippen LogP contribution < -0.4 is 0 Å². The Balaban J connectivity index is 1.13. The molecule has 57 heavy (non-hydrogen) atoms. The van der Waals surface area contributed by atoms with E-state index >= 15 is 0 Å². The van der Waals surface area contributed by atoms with Crippen molar-refractivity contribution in [3.63, 3.8) is 0 Å². The molecule has 0 saturated carbocycles. The lowest BCUT2D eigenvalue weighted by atomic mass is 9.91. The topological polar surface area (TPSA) is 64.7 Å². The molecule has 0 spiro atoms. The summed E-state index contributed by atoms with van der Waals surface area (Å²) in [6.45, 7) is 0. The highest BCUT2D eigenvalue weighted by Gasteiger charge is 2.22. The van der Waals surface area contributed by atoms with E-state index in [4.69, 9.17) is 24.4 Å². The quantitative estimate of drug-likeness (QED) is 0.160. The summed E-state index contributed by atoms with van der Waals surface area (Å²) in [4.78, 5) is 20.5. The second-order valence-corrected chi connectivity index (χ2v) is 14.2. The molecule has 0 unspecified atom stereocenters. The van der Waals surface area contributed by atoms with E-state index < -0.39 is 0 Å². The second kappa shape index (κ2) is 13.5. The molecule has 11 aromatic rings. The van der Waals surface area contributed by atoms with Gasteiger partial charge in [-0.1, -0.05) is 170 Å². The number of hydrogen-bond acceptors (Lipinski definition) is 5. The second-order valence-electron chi connectivity index (χ2n) is 14.2. The van der Waals surface area contributed by atoms with Gasteiger partial charge in [0.25, 0.3) is 0 Å². The van der Waals surface area contributed by atoms with Gasteiger partial charge in [0, 0.05) is 54.7 Å². The van der Waals surface area contributed by atoms with E-state index in [0.29, 0.717) is 17.5 Å². The van der Waals surface area contributed by atoms with Gasteiger partial charge in [0.15, 0.2) is 17.5 Å². The Labute approximate surface area is 328 Å². The largest absolute Gasteiger partial charge is 0.455 e. The lowest BCUT2D eigenvalue weighted by Gasteiger charge is -2.14. The minimum absolute atomic E-state index is 0.590. The summed E-state index contributed by atoms with van der Waals surface area (Å²) in [5, 5.41) is 5.43. The smallest absolute Gasteiger partial charge is 0.164 e. The third kappa shape index (κ3) is 5.72. The van der Waals surface area contributed by atoms with Crippen molar-refractivity contribution in [3.05, 3.63) is 194 Å². The molecular formula is C52H32N4O. The molecule has 0 N–H and O–H groups in total. The third-order valence-electron chi connectivity index (χ3n) is 10.7. The van der Waals surface area contributed by atoms with E-state index in [2.05, 4.69) is 140 Å². The summed E-state index contributed by atoms with van der Waals surface area (Å²) < 4.78 is 6.82. The molecule has 5 nitrogen and oxygen atoms in total. The summed E-state index contributed by atoms with van der Waals surface area (Å²) in [5.41, 5.74) is 11.6. The molecule has 0 aliphatic heterocycles. The molecule has 0 radical (unpaired) electrons. The molecule has 3 aromatic heterocycles. The number of fused-ring (bicyclic) bond motifs is 7. The molecule has 0 aliphatic rings. The van der Waals surface area contributed by atoms with Gasteiger partial charge < -0.3 is 4.42 Å². The summed E-state index contributed by atoms with van der Waals surface area (Å²) in [5.74, 6) is 1.82. The van der Waals surface area contributed by atoms with E-state index in [1.807, 2.05) is 54.6 Å². The van der Waals surface area contributed by atoms with Crippen molar-refractivity contribution < 1.29 is 4.42 Å². The average molecular weight is 729 g/mol. The zero-order valence-corrected chi connectivity index (χ0v) is 30.7. The number of pyridine rings is 1. The summed E-state index contributed by atoms with van der Waals surface area (Å²) in [6.07, 6.45) is 0. The average Bonchev–Trinajstić information content (AvgIpc) is 3.69. The molecule has 0 saturated heterocycles. The molecule has 266 valence electrons. The van der Waals surface area contributed by atoms with Crippen LogP contribution in [0.25, 0.3) is 111 Å². The zero-order chi connectivity index (χ0) is 37.7. The minimum Gasteiger partial charge on any atom is -0.455 e.